The zero-order valence-corrected chi connectivity index (χ0v) is 24.6. The number of carbonyl (C=O) groups is 3. The molecule has 1 saturated carbocycles. The van der Waals surface area contributed by atoms with E-state index in [0.29, 0.717) is 41.8 Å². The highest BCUT2D eigenvalue weighted by Crippen LogP contribution is 2.39. The summed E-state index contributed by atoms with van der Waals surface area (Å²) in [5, 5.41) is 16.8. The van der Waals surface area contributed by atoms with E-state index in [1.807, 2.05) is 13.8 Å². The standard InChI is InChI=1S/C31H43N3O6/c1-8-19(2)25(33-30(38)40-31(4,5)6)29(37)34(22-12-10-13-22)26(24-14-9-11-20(3)27(24)35)28(36)32-21-15-17-23(39-7)18-16-21/h9,11,14-19,22,25-26,35H,8,10,12-13H2,1-7H3,(H,32,36)(H,33,38). The number of aromatic hydroxyl groups is 1. The van der Waals surface area contributed by atoms with Crippen molar-refractivity contribution >= 4 is 23.6 Å². The van der Waals surface area contributed by atoms with Crippen molar-refractivity contribution < 1.29 is 29.0 Å². The summed E-state index contributed by atoms with van der Waals surface area (Å²) < 4.78 is 10.7. The molecule has 3 atom stereocenters. The van der Waals surface area contributed by atoms with Crippen LogP contribution in [0.2, 0.25) is 0 Å². The lowest BCUT2D eigenvalue weighted by Gasteiger charge is -2.44. The number of phenols is 1. The van der Waals surface area contributed by atoms with Crippen LogP contribution in [0.1, 0.15) is 77.5 Å². The lowest BCUT2D eigenvalue weighted by Crippen LogP contribution is -2.58. The van der Waals surface area contributed by atoms with E-state index in [2.05, 4.69) is 10.6 Å². The number of benzene rings is 2. The molecular formula is C31H43N3O6. The van der Waals surface area contributed by atoms with Gasteiger partial charge in [-0.25, -0.2) is 4.79 Å². The van der Waals surface area contributed by atoms with E-state index in [9.17, 15) is 19.5 Å². The number of ether oxygens (including phenoxy) is 2. The van der Waals surface area contributed by atoms with Crippen LogP contribution >= 0.6 is 0 Å². The number of aryl methyl sites for hydroxylation is 1. The van der Waals surface area contributed by atoms with Gasteiger partial charge >= 0.3 is 6.09 Å². The normalized spacial score (nSPS) is 15.7. The number of hydrogen-bond acceptors (Lipinski definition) is 6. The van der Waals surface area contributed by atoms with E-state index >= 15 is 0 Å². The topological polar surface area (TPSA) is 117 Å². The minimum absolute atomic E-state index is 0.0466. The van der Waals surface area contributed by atoms with E-state index < -0.39 is 29.7 Å². The van der Waals surface area contributed by atoms with Gasteiger partial charge in [0.1, 0.15) is 29.2 Å². The van der Waals surface area contributed by atoms with Crippen LogP contribution in [0.5, 0.6) is 11.5 Å². The van der Waals surface area contributed by atoms with Crippen molar-refractivity contribution in [2.45, 2.75) is 91.0 Å². The molecule has 1 fully saturated rings. The molecule has 9 nitrogen and oxygen atoms in total. The molecule has 9 heteroatoms. The molecule has 3 N–H and O–H groups in total. The average Bonchev–Trinajstić information content (AvgIpc) is 2.86. The first kappa shape index (κ1) is 30.8. The number of anilines is 1. The van der Waals surface area contributed by atoms with Crippen LogP contribution in [0.25, 0.3) is 0 Å². The Balaban J connectivity index is 2.07. The van der Waals surface area contributed by atoms with Gasteiger partial charge in [-0.05, 0) is 82.7 Å². The summed E-state index contributed by atoms with van der Waals surface area (Å²) >= 11 is 0. The zero-order chi connectivity index (χ0) is 29.6. The quantitative estimate of drug-likeness (QED) is 0.347. The maximum absolute atomic E-state index is 14.4. The average molecular weight is 554 g/mol. The highest BCUT2D eigenvalue weighted by molar-refractivity contribution is 5.99. The molecule has 1 aliphatic rings. The molecule has 0 spiro atoms. The van der Waals surface area contributed by atoms with E-state index in [1.165, 1.54) is 0 Å². The van der Waals surface area contributed by atoms with Crippen molar-refractivity contribution in [3.05, 3.63) is 53.6 Å². The summed E-state index contributed by atoms with van der Waals surface area (Å²) in [4.78, 5) is 42.8. The van der Waals surface area contributed by atoms with Crippen molar-refractivity contribution in [1.29, 1.82) is 0 Å². The maximum atomic E-state index is 14.4. The first-order valence-corrected chi connectivity index (χ1v) is 13.9. The van der Waals surface area contributed by atoms with Crippen LogP contribution in [-0.2, 0) is 14.3 Å². The van der Waals surface area contributed by atoms with Crippen LogP contribution in [0.15, 0.2) is 42.5 Å². The molecule has 218 valence electrons. The first-order chi connectivity index (χ1) is 18.9. The summed E-state index contributed by atoms with van der Waals surface area (Å²) in [5.41, 5.74) is 0.696. The van der Waals surface area contributed by atoms with Gasteiger partial charge in [0.2, 0.25) is 5.91 Å². The van der Waals surface area contributed by atoms with E-state index in [4.69, 9.17) is 9.47 Å². The third kappa shape index (κ3) is 7.46. The van der Waals surface area contributed by atoms with Gasteiger partial charge in [0, 0.05) is 17.3 Å². The summed E-state index contributed by atoms with van der Waals surface area (Å²) in [7, 11) is 1.56. The van der Waals surface area contributed by atoms with Crippen molar-refractivity contribution in [2.75, 3.05) is 12.4 Å². The monoisotopic (exact) mass is 553 g/mol. The second-order valence-corrected chi connectivity index (χ2v) is 11.5. The Bertz CT molecular complexity index is 1190. The number of nitrogens with zero attached hydrogens (tertiary/aromatic N) is 1. The van der Waals surface area contributed by atoms with Gasteiger partial charge in [-0.15, -0.1) is 0 Å². The van der Waals surface area contributed by atoms with Crippen LogP contribution in [0.4, 0.5) is 10.5 Å². The molecule has 3 amide bonds. The third-order valence-corrected chi connectivity index (χ3v) is 7.32. The summed E-state index contributed by atoms with van der Waals surface area (Å²) in [6.45, 7) is 10.8. The lowest BCUT2D eigenvalue weighted by molar-refractivity contribution is -0.147. The Morgan fingerprint density at radius 3 is 2.27 bits per heavy atom. The Kier molecular flexibility index (Phi) is 10.1. The fourth-order valence-electron chi connectivity index (χ4n) is 4.67. The predicted octanol–water partition coefficient (Wildman–Crippen LogP) is 5.71. The highest BCUT2D eigenvalue weighted by atomic mass is 16.6. The molecule has 40 heavy (non-hydrogen) atoms. The molecule has 0 radical (unpaired) electrons. The van der Waals surface area contributed by atoms with Crippen molar-refractivity contribution in [3.63, 3.8) is 0 Å². The van der Waals surface area contributed by atoms with Crippen molar-refractivity contribution in [2.24, 2.45) is 5.92 Å². The highest BCUT2D eigenvalue weighted by Gasteiger charge is 2.44. The van der Waals surface area contributed by atoms with E-state index in [1.54, 1.807) is 82.2 Å². The number of para-hydroxylation sites is 1. The van der Waals surface area contributed by atoms with Gasteiger partial charge < -0.3 is 30.1 Å². The smallest absolute Gasteiger partial charge is 0.408 e. The molecule has 3 unspecified atom stereocenters. The summed E-state index contributed by atoms with van der Waals surface area (Å²) in [6.07, 6.45) is 2.25. The van der Waals surface area contributed by atoms with Crippen molar-refractivity contribution in [3.8, 4) is 11.5 Å². The minimum Gasteiger partial charge on any atom is -0.507 e. The lowest BCUT2D eigenvalue weighted by atomic mass is 9.86. The second-order valence-electron chi connectivity index (χ2n) is 11.5. The molecule has 0 aromatic heterocycles. The molecule has 2 aromatic rings. The number of carbonyl (C=O) groups excluding carboxylic acids is 3. The first-order valence-electron chi connectivity index (χ1n) is 13.9. The fourth-order valence-corrected chi connectivity index (χ4v) is 4.67. The van der Waals surface area contributed by atoms with Gasteiger partial charge in [0.15, 0.2) is 0 Å². The fraction of sp³-hybridized carbons (Fsp3) is 0.516. The molecule has 0 bridgehead atoms. The number of amides is 3. The van der Waals surface area contributed by atoms with Gasteiger partial charge in [-0.2, -0.15) is 0 Å². The Morgan fingerprint density at radius 2 is 1.75 bits per heavy atom. The molecule has 0 heterocycles. The minimum atomic E-state index is -1.13. The molecule has 2 aromatic carbocycles. The van der Waals surface area contributed by atoms with Gasteiger partial charge in [0.25, 0.3) is 5.91 Å². The van der Waals surface area contributed by atoms with Crippen LogP contribution in [-0.4, -0.2) is 52.7 Å². The summed E-state index contributed by atoms with van der Waals surface area (Å²) in [5.74, 6) is -0.498. The van der Waals surface area contributed by atoms with E-state index in [-0.39, 0.29) is 23.6 Å². The molecule has 1 aliphatic carbocycles. The largest absolute Gasteiger partial charge is 0.507 e. The Labute approximate surface area is 237 Å². The molecule has 3 rings (SSSR count). The van der Waals surface area contributed by atoms with Crippen LogP contribution < -0.4 is 15.4 Å². The maximum Gasteiger partial charge on any atom is 0.408 e. The SMILES string of the molecule is CCC(C)C(NC(=O)OC(C)(C)C)C(=O)N(C1CCC1)C(C(=O)Nc1ccc(OC)cc1)c1cccc(C)c1O. The van der Waals surface area contributed by atoms with Crippen LogP contribution in [0.3, 0.4) is 0 Å². The number of phenolic OH excluding ortho intramolecular Hbond substituents is 1. The molecular weight excluding hydrogens is 510 g/mol. The van der Waals surface area contributed by atoms with Crippen LogP contribution in [0, 0.1) is 12.8 Å². The number of rotatable bonds is 10. The van der Waals surface area contributed by atoms with Gasteiger partial charge in [0.05, 0.1) is 7.11 Å². The number of hydrogen-bond donors (Lipinski definition) is 3. The van der Waals surface area contributed by atoms with Gasteiger partial charge in [-0.1, -0.05) is 38.5 Å². The van der Waals surface area contributed by atoms with E-state index in [0.717, 1.165) is 6.42 Å². The Morgan fingerprint density at radius 1 is 1.10 bits per heavy atom. The van der Waals surface area contributed by atoms with Gasteiger partial charge in [-0.3, -0.25) is 9.59 Å². The van der Waals surface area contributed by atoms with Crippen molar-refractivity contribution in [1.82, 2.24) is 10.2 Å². The molecule has 0 saturated heterocycles. The number of methoxy groups -OCH3 is 1. The third-order valence-electron chi connectivity index (χ3n) is 7.32. The Hall–Kier alpha value is -3.75. The predicted molar refractivity (Wildman–Crippen MR) is 154 cm³/mol. The zero-order valence-electron chi connectivity index (χ0n) is 24.6. The molecule has 0 aliphatic heterocycles. The number of alkyl carbamates (subject to hydrolysis) is 1. The second kappa shape index (κ2) is 13.1. The number of nitrogens with one attached hydrogen (secondary N) is 2. The summed E-state index contributed by atoms with van der Waals surface area (Å²) in [6, 6.07) is 9.77.